The Bertz CT molecular complexity index is 1940. The monoisotopic (exact) mass is 555 g/mol. The molecule has 5 nitrogen and oxygen atoms in total. The van der Waals surface area contributed by atoms with E-state index >= 15 is 0 Å². The molecule has 2 aromatic heterocycles. The Morgan fingerprint density at radius 2 is 1.37 bits per heavy atom. The lowest BCUT2D eigenvalue weighted by Crippen LogP contribution is -2.29. The Hall–Kier alpha value is -5.42. The second-order valence-electron chi connectivity index (χ2n) is 11.0. The topological polar surface area (TPSA) is 54.8 Å². The van der Waals surface area contributed by atoms with Crippen molar-refractivity contribution in [2.75, 3.05) is 4.90 Å². The van der Waals surface area contributed by atoms with Gasteiger partial charge in [-0.25, -0.2) is 19.9 Å². The van der Waals surface area contributed by atoms with Gasteiger partial charge in [0, 0.05) is 34.5 Å². The first kappa shape index (κ1) is 25.3. The molecule has 0 amide bonds. The molecule has 0 N–H and O–H groups in total. The summed E-state index contributed by atoms with van der Waals surface area (Å²) >= 11 is 0. The molecule has 0 saturated heterocycles. The van der Waals surface area contributed by atoms with Crippen LogP contribution in [0.5, 0.6) is 0 Å². The summed E-state index contributed by atoms with van der Waals surface area (Å²) < 4.78 is 0. The molecule has 2 atom stereocenters. The molecule has 3 aliphatic rings. The lowest BCUT2D eigenvalue weighted by atomic mass is 9.91. The summed E-state index contributed by atoms with van der Waals surface area (Å²) in [5, 5.41) is 0. The number of allylic oxidation sites excluding steroid dienone is 6. The Morgan fingerprint density at radius 3 is 2.19 bits per heavy atom. The zero-order chi connectivity index (χ0) is 28.6. The van der Waals surface area contributed by atoms with Gasteiger partial charge in [0.1, 0.15) is 5.82 Å². The van der Waals surface area contributed by atoms with Crippen molar-refractivity contribution in [3.63, 3.8) is 0 Å². The first-order chi connectivity index (χ1) is 21.3. The lowest BCUT2D eigenvalue weighted by molar-refractivity contribution is 0.738. The van der Waals surface area contributed by atoms with E-state index in [1.807, 2.05) is 42.6 Å². The van der Waals surface area contributed by atoms with Crippen LogP contribution in [-0.2, 0) is 0 Å². The van der Waals surface area contributed by atoms with Gasteiger partial charge in [0.05, 0.1) is 11.6 Å². The molecular formula is C38H29N5. The van der Waals surface area contributed by atoms with Gasteiger partial charge in [-0.1, -0.05) is 121 Å². The molecule has 0 fully saturated rings. The fourth-order valence-corrected chi connectivity index (χ4v) is 6.26. The maximum Gasteiger partial charge on any atom is 0.167 e. The minimum Gasteiger partial charge on any atom is -0.318 e. The van der Waals surface area contributed by atoms with Crippen LogP contribution in [-0.4, -0.2) is 26.0 Å². The van der Waals surface area contributed by atoms with Crippen molar-refractivity contribution in [2.24, 2.45) is 0 Å². The number of aromatic nitrogens is 4. The highest BCUT2D eigenvalue weighted by Crippen LogP contribution is 2.49. The zero-order valence-corrected chi connectivity index (χ0v) is 23.6. The van der Waals surface area contributed by atoms with Crippen molar-refractivity contribution in [3.8, 4) is 33.9 Å². The Kier molecular flexibility index (Phi) is 6.34. The van der Waals surface area contributed by atoms with E-state index in [2.05, 4.69) is 102 Å². The van der Waals surface area contributed by atoms with E-state index in [0.717, 1.165) is 52.2 Å². The van der Waals surface area contributed by atoms with Gasteiger partial charge in [-0.05, 0) is 36.1 Å². The van der Waals surface area contributed by atoms with E-state index in [1.54, 1.807) is 0 Å². The molecule has 3 aromatic carbocycles. The number of para-hydroxylation sites is 1. The van der Waals surface area contributed by atoms with Gasteiger partial charge in [-0.15, -0.1) is 0 Å². The zero-order valence-electron chi connectivity index (χ0n) is 23.6. The number of rotatable bonds is 5. The van der Waals surface area contributed by atoms with Crippen LogP contribution < -0.4 is 4.90 Å². The van der Waals surface area contributed by atoms with E-state index in [1.165, 1.54) is 5.56 Å². The molecule has 2 unspecified atom stereocenters. The fraction of sp³-hybridized carbons (Fsp3) is 0.105. The molecular weight excluding hydrogens is 526 g/mol. The molecule has 0 spiro atoms. The van der Waals surface area contributed by atoms with Crippen molar-refractivity contribution >= 4 is 17.1 Å². The molecule has 0 radical (unpaired) electrons. The molecule has 5 aromatic rings. The van der Waals surface area contributed by atoms with Crippen molar-refractivity contribution in [3.05, 3.63) is 151 Å². The van der Waals surface area contributed by atoms with Gasteiger partial charge in [0.25, 0.3) is 0 Å². The predicted molar refractivity (Wildman–Crippen MR) is 174 cm³/mol. The van der Waals surface area contributed by atoms with Crippen LogP contribution >= 0.6 is 0 Å². The fourth-order valence-electron chi connectivity index (χ4n) is 6.26. The van der Waals surface area contributed by atoms with Gasteiger partial charge < -0.3 is 4.90 Å². The average molecular weight is 556 g/mol. The summed E-state index contributed by atoms with van der Waals surface area (Å²) in [7, 11) is 0. The Morgan fingerprint density at radius 1 is 0.651 bits per heavy atom. The molecule has 1 aliphatic heterocycles. The minimum atomic E-state index is 0.107. The third-order valence-corrected chi connectivity index (χ3v) is 8.32. The van der Waals surface area contributed by atoms with Gasteiger partial charge in [-0.3, -0.25) is 0 Å². The number of benzene rings is 3. The lowest BCUT2D eigenvalue weighted by Gasteiger charge is -2.29. The van der Waals surface area contributed by atoms with Crippen molar-refractivity contribution < 1.29 is 0 Å². The third kappa shape index (κ3) is 4.59. The molecule has 8 rings (SSSR count). The van der Waals surface area contributed by atoms with E-state index in [4.69, 9.17) is 19.9 Å². The second-order valence-corrected chi connectivity index (χ2v) is 11.0. The van der Waals surface area contributed by atoms with E-state index in [9.17, 15) is 0 Å². The van der Waals surface area contributed by atoms with Crippen LogP contribution in [0, 0.1) is 0 Å². The molecule has 5 heteroatoms. The highest BCUT2D eigenvalue weighted by atomic mass is 15.2. The summed E-state index contributed by atoms with van der Waals surface area (Å²) in [6.45, 7) is 0. The number of nitrogens with zero attached hydrogens (tertiary/aromatic N) is 5. The quantitative estimate of drug-likeness (QED) is 0.217. The smallest absolute Gasteiger partial charge is 0.167 e. The maximum absolute atomic E-state index is 5.19. The van der Waals surface area contributed by atoms with Crippen LogP contribution in [0.15, 0.2) is 140 Å². The van der Waals surface area contributed by atoms with Crippen LogP contribution in [0.2, 0.25) is 0 Å². The molecule has 0 bridgehead atoms. The third-order valence-electron chi connectivity index (χ3n) is 8.32. The molecule has 2 aliphatic carbocycles. The van der Waals surface area contributed by atoms with Gasteiger partial charge in [-0.2, -0.15) is 0 Å². The number of anilines is 2. The summed E-state index contributed by atoms with van der Waals surface area (Å²) in [5.41, 5.74) is 7.42. The first-order valence-electron chi connectivity index (χ1n) is 14.8. The van der Waals surface area contributed by atoms with E-state index in [-0.39, 0.29) is 12.0 Å². The van der Waals surface area contributed by atoms with Crippen LogP contribution in [0.25, 0.3) is 39.5 Å². The molecule has 3 heterocycles. The highest BCUT2D eigenvalue weighted by Gasteiger charge is 2.39. The number of fused-ring (bicyclic) bond motifs is 3. The highest BCUT2D eigenvalue weighted by molar-refractivity contribution is 5.85. The Balaban J connectivity index is 1.38. The van der Waals surface area contributed by atoms with Crippen LogP contribution in [0.1, 0.15) is 30.1 Å². The summed E-state index contributed by atoms with van der Waals surface area (Å²) in [5.74, 6) is 3.02. The maximum atomic E-state index is 5.19. The Labute approximate surface area is 251 Å². The SMILES string of the molecule is C1=CC2c3ccccc3N(c3ncc(-c4ccccc4)cc3-c3nc(C4=CCCC=C4)nc(-c4ccccc4)n3)C2C=C1. The summed E-state index contributed by atoms with van der Waals surface area (Å²) in [4.78, 5) is 22.8. The summed E-state index contributed by atoms with van der Waals surface area (Å²) in [6.07, 6.45) is 19.3. The van der Waals surface area contributed by atoms with Crippen LogP contribution in [0.3, 0.4) is 0 Å². The molecule has 0 saturated carbocycles. The predicted octanol–water partition coefficient (Wildman–Crippen LogP) is 8.73. The molecule has 43 heavy (non-hydrogen) atoms. The number of hydrogen-bond acceptors (Lipinski definition) is 5. The first-order valence-corrected chi connectivity index (χ1v) is 14.8. The number of hydrogen-bond donors (Lipinski definition) is 0. The molecule has 206 valence electrons. The second kappa shape index (κ2) is 10.8. The van der Waals surface area contributed by atoms with Gasteiger partial charge in [0.2, 0.25) is 0 Å². The van der Waals surface area contributed by atoms with Crippen LogP contribution in [0.4, 0.5) is 11.5 Å². The van der Waals surface area contributed by atoms with Crippen molar-refractivity contribution in [2.45, 2.75) is 24.8 Å². The minimum absolute atomic E-state index is 0.107. The van der Waals surface area contributed by atoms with E-state index in [0.29, 0.717) is 17.5 Å². The largest absolute Gasteiger partial charge is 0.318 e. The standard InChI is InChI=1S/C38H29N5/c1-4-14-26(15-5-1)29-24-32(38(39-25-29)43-33-22-12-10-20-30(33)31-21-11-13-23-34(31)43)37-41-35(27-16-6-2-7-17-27)40-36(42-37)28-18-8-3-9-19-28/h1-2,4-8,10-25,30,33H,3,9H2. The van der Waals surface area contributed by atoms with Crippen molar-refractivity contribution in [1.29, 1.82) is 0 Å². The van der Waals surface area contributed by atoms with Gasteiger partial charge in [0.15, 0.2) is 17.5 Å². The average Bonchev–Trinajstić information content (AvgIpc) is 3.43. The van der Waals surface area contributed by atoms with Crippen molar-refractivity contribution in [1.82, 2.24) is 19.9 Å². The normalized spacial score (nSPS) is 18.3. The summed E-state index contributed by atoms with van der Waals surface area (Å²) in [6, 6.07) is 31.5. The van der Waals surface area contributed by atoms with E-state index < -0.39 is 0 Å². The number of pyridine rings is 1. The van der Waals surface area contributed by atoms with Gasteiger partial charge >= 0.3 is 0 Å².